The van der Waals surface area contributed by atoms with Crippen molar-refractivity contribution in [3.05, 3.63) is 74.6 Å². The second-order valence-electron chi connectivity index (χ2n) is 6.39. The predicted octanol–water partition coefficient (Wildman–Crippen LogP) is 3.31. The standard InChI is InChI=1S/C22H19BrN4O4/c1-30-12-4-10-25-20(28)15(14-24)13-18-21(31-17-8-6-16(23)7-9-17)26-19-5-2-3-11-27(19)22(18)29/h2-3,5-9,11,13H,4,10,12H2,1H3,(H,25,28). The third kappa shape index (κ3) is 5.57. The van der Waals surface area contributed by atoms with Crippen LogP contribution in [0.3, 0.4) is 0 Å². The average molecular weight is 483 g/mol. The molecule has 0 aliphatic heterocycles. The molecule has 0 aliphatic carbocycles. The van der Waals surface area contributed by atoms with E-state index in [1.165, 1.54) is 10.5 Å². The smallest absolute Gasteiger partial charge is 0.269 e. The van der Waals surface area contributed by atoms with E-state index >= 15 is 0 Å². The summed E-state index contributed by atoms with van der Waals surface area (Å²) in [4.78, 5) is 29.9. The number of nitrogens with one attached hydrogen (secondary N) is 1. The highest BCUT2D eigenvalue weighted by molar-refractivity contribution is 9.10. The van der Waals surface area contributed by atoms with Crippen molar-refractivity contribution in [2.24, 2.45) is 0 Å². The van der Waals surface area contributed by atoms with Crippen LogP contribution in [0, 0.1) is 11.3 Å². The molecule has 0 bridgehead atoms. The molecule has 3 aromatic rings. The molecule has 2 aromatic heterocycles. The Morgan fingerprint density at radius 1 is 1.29 bits per heavy atom. The van der Waals surface area contributed by atoms with Crippen LogP contribution in [0.2, 0.25) is 0 Å². The second-order valence-corrected chi connectivity index (χ2v) is 7.31. The largest absolute Gasteiger partial charge is 0.438 e. The van der Waals surface area contributed by atoms with Gasteiger partial charge in [0.25, 0.3) is 11.5 Å². The van der Waals surface area contributed by atoms with Gasteiger partial charge in [0.05, 0.1) is 0 Å². The molecular weight excluding hydrogens is 464 g/mol. The normalized spacial score (nSPS) is 11.2. The molecule has 1 N–H and O–H groups in total. The minimum atomic E-state index is -0.592. The number of hydrogen-bond acceptors (Lipinski definition) is 6. The third-order valence-corrected chi connectivity index (χ3v) is 4.76. The van der Waals surface area contributed by atoms with Crippen LogP contribution in [-0.4, -0.2) is 35.6 Å². The number of aromatic nitrogens is 2. The molecule has 9 heteroatoms. The molecule has 0 spiro atoms. The fourth-order valence-corrected chi connectivity index (χ4v) is 2.97. The number of methoxy groups -OCH3 is 1. The Balaban J connectivity index is 2.04. The van der Waals surface area contributed by atoms with Gasteiger partial charge in [0.15, 0.2) is 0 Å². The first-order valence-electron chi connectivity index (χ1n) is 9.37. The first kappa shape index (κ1) is 22.2. The van der Waals surface area contributed by atoms with Crippen molar-refractivity contribution >= 4 is 33.6 Å². The molecule has 0 aliphatic rings. The summed E-state index contributed by atoms with van der Waals surface area (Å²) in [5.41, 5.74) is -0.319. The maximum atomic E-state index is 13.1. The summed E-state index contributed by atoms with van der Waals surface area (Å²) in [6, 6.07) is 13.9. The molecule has 0 unspecified atom stereocenters. The minimum Gasteiger partial charge on any atom is -0.438 e. The summed E-state index contributed by atoms with van der Waals surface area (Å²) in [5, 5.41) is 12.1. The van der Waals surface area contributed by atoms with Crippen LogP contribution in [-0.2, 0) is 9.53 Å². The van der Waals surface area contributed by atoms with Gasteiger partial charge in [0.1, 0.15) is 28.6 Å². The van der Waals surface area contributed by atoms with E-state index in [1.807, 2.05) is 6.07 Å². The third-order valence-electron chi connectivity index (χ3n) is 4.23. The van der Waals surface area contributed by atoms with Crippen LogP contribution in [0.15, 0.2) is 63.5 Å². The van der Waals surface area contributed by atoms with Crippen molar-refractivity contribution in [1.82, 2.24) is 14.7 Å². The van der Waals surface area contributed by atoms with Gasteiger partial charge in [-0.05, 0) is 48.9 Å². The lowest BCUT2D eigenvalue weighted by Gasteiger charge is -2.10. The van der Waals surface area contributed by atoms with Crippen LogP contribution in [0.1, 0.15) is 12.0 Å². The van der Waals surface area contributed by atoms with Crippen LogP contribution < -0.4 is 15.6 Å². The molecule has 8 nitrogen and oxygen atoms in total. The maximum Gasteiger partial charge on any atom is 0.269 e. The van der Waals surface area contributed by atoms with E-state index in [1.54, 1.807) is 55.8 Å². The summed E-state index contributed by atoms with van der Waals surface area (Å²) < 4.78 is 13.0. The summed E-state index contributed by atoms with van der Waals surface area (Å²) in [6.07, 6.45) is 3.36. The molecule has 3 rings (SSSR count). The zero-order chi connectivity index (χ0) is 22.2. The molecule has 0 fully saturated rings. The summed E-state index contributed by atoms with van der Waals surface area (Å²) in [6.45, 7) is 0.815. The average Bonchev–Trinajstić information content (AvgIpc) is 2.78. The number of halogens is 1. The highest BCUT2D eigenvalue weighted by Crippen LogP contribution is 2.25. The van der Waals surface area contributed by atoms with E-state index in [4.69, 9.17) is 9.47 Å². The number of benzene rings is 1. The molecule has 0 saturated heterocycles. The van der Waals surface area contributed by atoms with E-state index in [9.17, 15) is 14.9 Å². The monoisotopic (exact) mass is 482 g/mol. The van der Waals surface area contributed by atoms with Crippen molar-refractivity contribution in [3.63, 3.8) is 0 Å². The quantitative estimate of drug-likeness (QED) is 0.300. The minimum absolute atomic E-state index is 0.00143. The lowest BCUT2D eigenvalue weighted by Crippen LogP contribution is -2.27. The molecule has 31 heavy (non-hydrogen) atoms. The Labute approximate surface area is 186 Å². The van der Waals surface area contributed by atoms with Gasteiger partial charge in [-0.2, -0.15) is 10.2 Å². The van der Waals surface area contributed by atoms with Crippen molar-refractivity contribution in [1.29, 1.82) is 5.26 Å². The van der Waals surface area contributed by atoms with Crippen LogP contribution in [0.25, 0.3) is 11.7 Å². The number of fused-ring (bicyclic) bond motifs is 1. The highest BCUT2D eigenvalue weighted by atomic mass is 79.9. The molecule has 2 heterocycles. The van der Waals surface area contributed by atoms with E-state index in [0.717, 1.165) is 4.47 Å². The van der Waals surface area contributed by atoms with E-state index in [2.05, 4.69) is 26.2 Å². The number of hydrogen-bond donors (Lipinski definition) is 1. The van der Waals surface area contributed by atoms with Gasteiger partial charge in [-0.3, -0.25) is 14.0 Å². The fourth-order valence-electron chi connectivity index (χ4n) is 2.70. The number of carbonyl (C=O) groups is 1. The van der Waals surface area contributed by atoms with Gasteiger partial charge >= 0.3 is 0 Å². The number of amides is 1. The zero-order valence-electron chi connectivity index (χ0n) is 16.7. The Kier molecular flexibility index (Phi) is 7.54. The molecule has 158 valence electrons. The highest BCUT2D eigenvalue weighted by Gasteiger charge is 2.17. The van der Waals surface area contributed by atoms with E-state index in [-0.39, 0.29) is 17.0 Å². The fraction of sp³-hybridized carbons (Fsp3) is 0.182. The summed E-state index contributed by atoms with van der Waals surface area (Å²) in [5.74, 6) is -0.142. The van der Waals surface area contributed by atoms with Crippen molar-refractivity contribution in [2.75, 3.05) is 20.3 Å². The Hall–Kier alpha value is -3.48. The molecule has 0 radical (unpaired) electrons. The van der Waals surface area contributed by atoms with Gasteiger partial charge in [-0.25, -0.2) is 0 Å². The molecule has 1 amide bonds. The molecule has 0 saturated carbocycles. The lowest BCUT2D eigenvalue weighted by atomic mass is 10.1. The van der Waals surface area contributed by atoms with E-state index < -0.39 is 11.5 Å². The zero-order valence-corrected chi connectivity index (χ0v) is 18.3. The van der Waals surface area contributed by atoms with Crippen molar-refractivity contribution in [3.8, 4) is 17.7 Å². The van der Waals surface area contributed by atoms with Gasteiger partial charge in [-0.1, -0.05) is 22.0 Å². The number of ether oxygens (including phenoxy) is 2. The van der Waals surface area contributed by atoms with Gasteiger partial charge in [0.2, 0.25) is 5.88 Å². The van der Waals surface area contributed by atoms with Gasteiger partial charge in [-0.15, -0.1) is 0 Å². The Morgan fingerprint density at radius 2 is 2.06 bits per heavy atom. The van der Waals surface area contributed by atoms with Crippen LogP contribution >= 0.6 is 15.9 Å². The number of nitrogens with zero attached hydrogens (tertiary/aromatic N) is 3. The SMILES string of the molecule is COCCCNC(=O)C(C#N)=Cc1c(Oc2ccc(Br)cc2)nc2ccccn2c1=O. The van der Waals surface area contributed by atoms with E-state index in [0.29, 0.717) is 31.0 Å². The van der Waals surface area contributed by atoms with Crippen LogP contribution in [0.4, 0.5) is 0 Å². The number of pyridine rings is 1. The summed E-state index contributed by atoms with van der Waals surface area (Å²) in [7, 11) is 1.57. The first-order chi connectivity index (χ1) is 15.0. The topological polar surface area (TPSA) is 106 Å². The Morgan fingerprint density at radius 3 is 2.77 bits per heavy atom. The number of carbonyl (C=O) groups excluding carboxylic acids is 1. The second kappa shape index (κ2) is 10.5. The van der Waals surface area contributed by atoms with Gasteiger partial charge < -0.3 is 14.8 Å². The first-order valence-corrected chi connectivity index (χ1v) is 10.2. The van der Waals surface area contributed by atoms with Crippen molar-refractivity contribution < 1.29 is 14.3 Å². The molecule has 1 aromatic carbocycles. The predicted molar refractivity (Wildman–Crippen MR) is 119 cm³/mol. The van der Waals surface area contributed by atoms with Gasteiger partial charge in [0, 0.05) is 30.9 Å². The maximum absolute atomic E-state index is 13.1. The Bertz CT molecular complexity index is 1210. The van der Waals surface area contributed by atoms with Crippen LogP contribution in [0.5, 0.6) is 11.6 Å². The molecule has 0 atom stereocenters. The number of nitriles is 1. The molecular formula is C22H19BrN4O4. The summed E-state index contributed by atoms with van der Waals surface area (Å²) >= 11 is 3.36. The lowest BCUT2D eigenvalue weighted by molar-refractivity contribution is -0.117. The van der Waals surface area contributed by atoms with Crippen molar-refractivity contribution in [2.45, 2.75) is 6.42 Å². The number of rotatable bonds is 8.